The van der Waals surface area contributed by atoms with Crippen molar-refractivity contribution in [2.45, 2.75) is 19.4 Å². The number of benzene rings is 1. The molecule has 0 aromatic heterocycles. The molecule has 1 N–H and O–H groups in total. The Bertz CT molecular complexity index is 476. The first-order valence-electron chi connectivity index (χ1n) is 6.34. The summed E-state index contributed by atoms with van der Waals surface area (Å²) in [6.45, 7) is 2.96. The zero-order chi connectivity index (χ0) is 14.0. The van der Waals surface area contributed by atoms with E-state index in [1.807, 2.05) is 0 Å². The predicted molar refractivity (Wildman–Crippen MR) is 73.7 cm³/mol. The van der Waals surface area contributed by atoms with Gasteiger partial charge in [0.25, 0.3) is 5.91 Å². The summed E-state index contributed by atoms with van der Waals surface area (Å²) in [5, 5.41) is 9.98. The van der Waals surface area contributed by atoms with Crippen LogP contribution in [0.25, 0.3) is 0 Å². The summed E-state index contributed by atoms with van der Waals surface area (Å²) in [7, 11) is 1.52. The molecule has 2 rings (SSSR count). The Morgan fingerprint density at radius 3 is 2.89 bits per heavy atom. The second-order valence-electron chi connectivity index (χ2n) is 4.86. The fourth-order valence-corrected chi connectivity index (χ4v) is 2.65. The first-order chi connectivity index (χ1) is 9.04. The Kier molecular flexibility index (Phi) is 4.32. The minimum absolute atomic E-state index is 0.134. The fraction of sp³-hybridized carbons (Fsp3) is 0.500. The molecular weight excluding hydrogens is 266 g/mol. The first kappa shape index (κ1) is 14.2. The number of hydrogen-bond donors (Lipinski definition) is 1. The van der Waals surface area contributed by atoms with Gasteiger partial charge in [-0.3, -0.25) is 4.79 Å². The van der Waals surface area contributed by atoms with Crippen LogP contribution in [-0.2, 0) is 0 Å². The second kappa shape index (κ2) is 5.80. The van der Waals surface area contributed by atoms with E-state index in [0.717, 1.165) is 6.42 Å². The van der Waals surface area contributed by atoms with Gasteiger partial charge in [-0.05, 0) is 25.5 Å². The number of amides is 1. The molecule has 4 nitrogen and oxygen atoms in total. The lowest BCUT2D eigenvalue weighted by Gasteiger charge is -2.19. The fourth-order valence-electron chi connectivity index (χ4n) is 2.41. The number of aliphatic hydroxyl groups excluding tert-OH is 1. The molecule has 0 saturated carbocycles. The van der Waals surface area contributed by atoms with Crippen molar-refractivity contribution in [2.75, 3.05) is 20.2 Å². The van der Waals surface area contributed by atoms with E-state index in [1.54, 1.807) is 30.0 Å². The van der Waals surface area contributed by atoms with Crippen molar-refractivity contribution in [1.82, 2.24) is 4.90 Å². The number of ether oxygens (including phenoxy) is 1. The summed E-state index contributed by atoms with van der Waals surface area (Å²) in [4.78, 5) is 14.2. The third-order valence-electron chi connectivity index (χ3n) is 3.60. The maximum atomic E-state index is 12.5. The molecule has 0 radical (unpaired) electrons. The molecule has 1 aromatic carbocycles. The van der Waals surface area contributed by atoms with Crippen LogP contribution in [0.15, 0.2) is 18.2 Å². The van der Waals surface area contributed by atoms with E-state index in [1.165, 1.54) is 7.11 Å². The lowest BCUT2D eigenvalue weighted by molar-refractivity contribution is 0.0759. The van der Waals surface area contributed by atoms with Gasteiger partial charge in [-0.25, -0.2) is 0 Å². The highest BCUT2D eigenvalue weighted by molar-refractivity contribution is 6.34. The molecule has 1 heterocycles. The number of nitrogens with zero attached hydrogens (tertiary/aromatic N) is 1. The summed E-state index contributed by atoms with van der Waals surface area (Å²) >= 11 is 6.10. The molecular formula is C14H18ClNO3. The summed E-state index contributed by atoms with van der Waals surface area (Å²) in [6.07, 6.45) is 0.418. The van der Waals surface area contributed by atoms with Crippen molar-refractivity contribution in [3.8, 4) is 5.75 Å². The monoisotopic (exact) mass is 283 g/mol. The highest BCUT2D eigenvalue weighted by Gasteiger charge is 2.31. The number of rotatable bonds is 3. The van der Waals surface area contributed by atoms with Gasteiger partial charge in [-0.15, -0.1) is 0 Å². The van der Waals surface area contributed by atoms with Crippen LogP contribution in [0.2, 0.25) is 5.02 Å². The summed E-state index contributed by atoms with van der Waals surface area (Å²) in [5.74, 6) is 0.487. The largest absolute Gasteiger partial charge is 0.496 e. The Hall–Kier alpha value is -1.26. The molecule has 0 spiro atoms. The molecule has 2 unspecified atom stereocenters. The number of likely N-dealkylation sites (tertiary alicyclic amines) is 1. The van der Waals surface area contributed by atoms with Gasteiger partial charge in [0, 0.05) is 19.0 Å². The molecule has 1 aliphatic rings. The molecule has 0 aliphatic carbocycles. The Labute approximate surface area is 117 Å². The average Bonchev–Trinajstić information content (AvgIpc) is 2.87. The Balaban J connectivity index is 2.21. The highest BCUT2D eigenvalue weighted by Crippen LogP contribution is 2.30. The normalized spacial score (nSPS) is 20.4. The van der Waals surface area contributed by atoms with Gasteiger partial charge in [0.2, 0.25) is 0 Å². The minimum atomic E-state index is -0.397. The number of methoxy groups -OCH3 is 1. The van der Waals surface area contributed by atoms with Crippen LogP contribution in [-0.4, -0.2) is 42.2 Å². The van der Waals surface area contributed by atoms with Gasteiger partial charge >= 0.3 is 0 Å². The second-order valence-corrected chi connectivity index (χ2v) is 5.26. The zero-order valence-corrected chi connectivity index (χ0v) is 11.9. The van der Waals surface area contributed by atoms with E-state index < -0.39 is 6.10 Å². The molecule has 104 valence electrons. The van der Waals surface area contributed by atoms with Gasteiger partial charge < -0.3 is 14.7 Å². The smallest absolute Gasteiger partial charge is 0.259 e. The van der Waals surface area contributed by atoms with E-state index in [2.05, 4.69) is 0 Å². The third kappa shape index (κ3) is 2.85. The quantitative estimate of drug-likeness (QED) is 0.925. The molecule has 2 atom stereocenters. The van der Waals surface area contributed by atoms with Gasteiger partial charge in [-0.1, -0.05) is 17.7 Å². The topological polar surface area (TPSA) is 49.8 Å². The number of carbonyl (C=O) groups is 1. The molecule has 1 aliphatic heterocycles. The Morgan fingerprint density at radius 1 is 1.58 bits per heavy atom. The van der Waals surface area contributed by atoms with Crippen LogP contribution in [0.3, 0.4) is 0 Å². The third-order valence-corrected chi connectivity index (χ3v) is 3.92. The molecule has 0 bridgehead atoms. The van der Waals surface area contributed by atoms with Gasteiger partial charge in [-0.2, -0.15) is 0 Å². The SMILES string of the molecule is COc1cccc(Cl)c1C(=O)N1CCC(C(C)O)C1. The Morgan fingerprint density at radius 2 is 2.32 bits per heavy atom. The van der Waals surface area contributed by atoms with E-state index in [-0.39, 0.29) is 11.8 Å². The van der Waals surface area contributed by atoms with Crippen molar-refractivity contribution in [1.29, 1.82) is 0 Å². The van der Waals surface area contributed by atoms with Crippen LogP contribution < -0.4 is 4.74 Å². The zero-order valence-electron chi connectivity index (χ0n) is 11.1. The summed E-state index contributed by atoms with van der Waals surface area (Å²) < 4.78 is 5.20. The molecule has 19 heavy (non-hydrogen) atoms. The van der Waals surface area contributed by atoms with Crippen LogP contribution >= 0.6 is 11.6 Å². The lowest BCUT2D eigenvalue weighted by Crippen LogP contribution is -2.30. The number of aliphatic hydroxyl groups is 1. The van der Waals surface area contributed by atoms with Gasteiger partial charge in [0.1, 0.15) is 11.3 Å². The van der Waals surface area contributed by atoms with Crippen molar-refractivity contribution < 1.29 is 14.6 Å². The van der Waals surface area contributed by atoms with E-state index in [9.17, 15) is 9.90 Å². The van der Waals surface area contributed by atoms with Crippen molar-refractivity contribution in [3.63, 3.8) is 0 Å². The average molecular weight is 284 g/mol. The number of carbonyl (C=O) groups excluding carboxylic acids is 1. The van der Waals surface area contributed by atoms with E-state index in [0.29, 0.717) is 29.4 Å². The predicted octanol–water partition coefficient (Wildman–Crippen LogP) is 2.19. The van der Waals surface area contributed by atoms with Crippen molar-refractivity contribution >= 4 is 17.5 Å². The lowest BCUT2D eigenvalue weighted by atomic mass is 10.0. The highest BCUT2D eigenvalue weighted by atomic mass is 35.5. The molecule has 1 amide bonds. The van der Waals surface area contributed by atoms with Crippen LogP contribution in [0.5, 0.6) is 5.75 Å². The van der Waals surface area contributed by atoms with Crippen molar-refractivity contribution in [3.05, 3.63) is 28.8 Å². The minimum Gasteiger partial charge on any atom is -0.496 e. The van der Waals surface area contributed by atoms with Crippen LogP contribution in [0.4, 0.5) is 0 Å². The maximum Gasteiger partial charge on any atom is 0.259 e. The standard InChI is InChI=1S/C14H18ClNO3/c1-9(17)10-6-7-16(8-10)14(18)13-11(15)4-3-5-12(13)19-2/h3-5,9-10,17H,6-8H2,1-2H3. The number of hydrogen-bond acceptors (Lipinski definition) is 3. The van der Waals surface area contributed by atoms with Gasteiger partial charge in [0.05, 0.1) is 18.2 Å². The van der Waals surface area contributed by atoms with Crippen LogP contribution in [0, 0.1) is 5.92 Å². The molecule has 1 aromatic rings. The summed E-state index contributed by atoms with van der Waals surface area (Å²) in [5.41, 5.74) is 0.401. The molecule has 1 saturated heterocycles. The van der Waals surface area contributed by atoms with Gasteiger partial charge in [0.15, 0.2) is 0 Å². The van der Waals surface area contributed by atoms with E-state index in [4.69, 9.17) is 16.3 Å². The van der Waals surface area contributed by atoms with Crippen molar-refractivity contribution in [2.24, 2.45) is 5.92 Å². The molecule has 5 heteroatoms. The summed E-state index contributed by atoms with van der Waals surface area (Å²) in [6, 6.07) is 5.15. The van der Waals surface area contributed by atoms with Crippen LogP contribution in [0.1, 0.15) is 23.7 Å². The van der Waals surface area contributed by atoms with E-state index >= 15 is 0 Å². The maximum absolute atomic E-state index is 12.5. The molecule has 1 fully saturated rings. The number of halogens is 1. The first-order valence-corrected chi connectivity index (χ1v) is 6.72.